The van der Waals surface area contributed by atoms with Crippen LogP contribution in [-0.4, -0.2) is 43.7 Å². The van der Waals surface area contributed by atoms with Gasteiger partial charge in [-0.3, -0.25) is 29.8 Å². The molecule has 0 saturated carbocycles. The first kappa shape index (κ1) is 22.9. The summed E-state index contributed by atoms with van der Waals surface area (Å²) in [6.07, 6.45) is 1.18. The number of benzene rings is 1. The number of carbonyl (C=O) groups is 2. The zero-order valence-corrected chi connectivity index (χ0v) is 18.2. The van der Waals surface area contributed by atoms with E-state index >= 15 is 0 Å². The van der Waals surface area contributed by atoms with Crippen molar-refractivity contribution in [3.05, 3.63) is 63.1 Å². The molecule has 0 bridgehead atoms. The van der Waals surface area contributed by atoms with Gasteiger partial charge in [-0.15, -0.1) is 0 Å². The fourth-order valence-corrected chi connectivity index (χ4v) is 3.38. The fraction of sp³-hybridized carbons (Fsp3) is 0.381. The number of rotatable bonds is 8. The van der Waals surface area contributed by atoms with Gasteiger partial charge in [0.2, 0.25) is 0 Å². The Morgan fingerprint density at radius 3 is 2.44 bits per heavy atom. The molecule has 3 rings (SSSR count). The molecule has 170 valence electrons. The Balaban J connectivity index is 1.96. The predicted molar refractivity (Wildman–Crippen MR) is 117 cm³/mol. The highest BCUT2D eigenvalue weighted by Crippen LogP contribution is 2.09. The molecule has 2 aromatic heterocycles. The number of hydrogen-bond donors (Lipinski definition) is 2. The highest BCUT2D eigenvalue weighted by Gasteiger charge is 2.20. The molecule has 32 heavy (non-hydrogen) atoms. The van der Waals surface area contributed by atoms with Crippen molar-refractivity contribution in [3.63, 3.8) is 0 Å². The number of aromatic nitrogens is 4. The van der Waals surface area contributed by atoms with Gasteiger partial charge in [0.05, 0.1) is 12.9 Å². The summed E-state index contributed by atoms with van der Waals surface area (Å²) in [5, 5.41) is 0. The van der Waals surface area contributed by atoms with E-state index < -0.39 is 35.7 Å². The van der Waals surface area contributed by atoms with Gasteiger partial charge in [-0.25, -0.2) is 14.3 Å². The largest absolute Gasteiger partial charge is 0.372 e. The molecule has 3 aromatic rings. The topological polar surface area (TPSA) is 129 Å². The third-order valence-corrected chi connectivity index (χ3v) is 5.08. The summed E-state index contributed by atoms with van der Waals surface area (Å²) in [6, 6.07) is 9.26. The second-order valence-electron chi connectivity index (χ2n) is 7.12. The molecule has 0 aliphatic heterocycles. The molecule has 0 aliphatic carbocycles. The van der Waals surface area contributed by atoms with Gasteiger partial charge in [0.15, 0.2) is 11.2 Å². The van der Waals surface area contributed by atoms with E-state index in [1.807, 2.05) is 37.3 Å². The average Bonchev–Trinajstić information content (AvgIpc) is 3.24. The lowest BCUT2D eigenvalue weighted by atomic mass is 10.2. The number of fused-ring (bicyclic) bond motifs is 1. The van der Waals surface area contributed by atoms with Crippen molar-refractivity contribution < 1.29 is 14.3 Å². The van der Waals surface area contributed by atoms with Gasteiger partial charge in [-0.2, -0.15) is 0 Å². The molecule has 0 fully saturated rings. The third kappa shape index (κ3) is 4.62. The van der Waals surface area contributed by atoms with Gasteiger partial charge in [-0.05, 0) is 18.9 Å². The zero-order chi connectivity index (χ0) is 23.3. The number of ether oxygens (including phenoxy) is 1. The van der Waals surface area contributed by atoms with E-state index in [2.05, 4.69) is 15.8 Å². The van der Waals surface area contributed by atoms with Crippen molar-refractivity contribution in [2.45, 2.75) is 46.0 Å². The van der Waals surface area contributed by atoms with E-state index in [1.54, 1.807) is 11.5 Å². The lowest BCUT2D eigenvalue weighted by Gasteiger charge is -2.15. The van der Waals surface area contributed by atoms with Crippen LogP contribution in [0.3, 0.4) is 0 Å². The molecule has 11 heteroatoms. The van der Waals surface area contributed by atoms with Crippen LogP contribution in [0.5, 0.6) is 0 Å². The van der Waals surface area contributed by atoms with Crippen LogP contribution in [0.4, 0.5) is 0 Å². The number of amides is 2. The monoisotopic (exact) mass is 442 g/mol. The van der Waals surface area contributed by atoms with Crippen molar-refractivity contribution >= 4 is 23.0 Å². The molecule has 2 amide bonds. The van der Waals surface area contributed by atoms with Crippen LogP contribution >= 0.6 is 0 Å². The average molecular weight is 442 g/mol. The van der Waals surface area contributed by atoms with Gasteiger partial charge < -0.3 is 9.30 Å². The second kappa shape index (κ2) is 10.1. The van der Waals surface area contributed by atoms with Crippen LogP contribution in [-0.2, 0) is 34.0 Å². The van der Waals surface area contributed by atoms with Gasteiger partial charge in [-0.1, -0.05) is 37.3 Å². The van der Waals surface area contributed by atoms with Crippen LogP contribution in [0, 0.1) is 0 Å². The standard InChI is InChI=1S/C21H26N6O5/c1-4-15(32-3)19(29)24-23-16(28)12-27-20(30)17-18(22-13-25(17)5-2)26(21(27)31)11-14-9-7-6-8-10-14/h6-10,13,15H,4-5,11-12H2,1-3H3,(H,23,28)(H,24,29). The zero-order valence-electron chi connectivity index (χ0n) is 18.2. The summed E-state index contributed by atoms with van der Waals surface area (Å²) < 4.78 is 8.83. The number of hydrogen-bond acceptors (Lipinski definition) is 6. The summed E-state index contributed by atoms with van der Waals surface area (Å²) in [5.41, 5.74) is 4.50. The van der Waals surface area contributed by atoms with Crippen molar-refractivity contribution in [1.29, 1.82) is 0 Å². The van der Waals surface area contributed by atoms with Crippen LogP contribution in [0.15, 0.2) is 46.2 Å². The number of aryl methyl sites for hydroxylation is 1. The highest BCUT2D eigenvalue weighted by atomic mass is 16.5. The summed E-state index contributed by atoms with van der Waals surface area (Å²) in [4.78, 5) is 54.9. The Bertz CT molecular complexity index is 1220. The van der Waals surface area contributed by atoms with E-state index in [4.69, 9.17) is 4.74 Å². The smallest absolute Gasteiger partial charge is 0.333 e. The van der Waals surface area contributed by atoms with Crippen molar-refractivity contribution in [3.8, 4) is 0 Å². The molecule has 2 N–H and O–H groups in total. The minimum atomic E-state index is -0.726. The molecule has 1 unspecified atom stereocenters. The molecule has 0 aliphatic rings. The molecule has 0 radical (unpaired) electrons. The third-order valence-electron chi connectivity index (χ3n) is 5.08. The van der Waals surface area contributed by atoms with Crippen molar-refractivity contribution in [1.82, 2.24) is 29.5 Å². The van der Waals surface area contributed by atoms with E-state index in [0.717, 1.165) is 10.1 Å². The Labute approximate surface area is 183 Å². The van der Waals surface area contributed by atoms with Crippen LogP contribution in [0.1, 0.15) is 25.8 Å². The number of hydrazine groups is 1. The van der Waals surface area contributed by atoms with E-state index in [-0.39, 0.29) is 17.7 Å². The normalized spacial score (nSPS) is 12.0. The lowest BCUT2D eigenvalue weighted by Crippen LogP contribution is -2.50. The fourth-order valence-electron chi connectivity index (χ4n) is 3.38. The first-order valence-corrected chi connectivity index (χ1v) is 10.2. The van der Waals surface area contributed by atoms with Gasteiger partial charge in [0.25, 0.3) is 17.4 Å². The van der Waals surface area contributed by atoms with Crippen LogP contribution in [0.25, 0.3) is 11.2 Å². The summed E-state index contributed by atoms with van der Waals surface area (Å²) >= 11 is 0. The Morgan fingerprint density at radius 1 is 1.09 bits per heavy atom. The maximum atomic E-state index is 13.2. The molecule has 2 heterocycles. The number of nitrogens with one attached hydrogen (secondary N) is 2. The van der Waals surface area contributed by atoms with Crippen molar-refractivity contribution in [2.75, 3.05) is 7.11 Å². The molecular weight excluding hydrogens is 416 g/mol. The Hall–Kier alpha value is -3.73. The van der Waals surface area contributed by atoms with Gasteiger partial charge in [0.1, 0.15) is 12.6 Å². The SMILES string of the molecule is CCC(OC)C(=O)NNC(=O)Cn1c(=O)c2c(ncn2CC)n(Cc2ccccc2)c1=O. The molecule has 0 saturated heterocycles. The Morgan fingerprint density at radius 2 is 1.81 bits per heavy atom. The van der Waals surface area contributed by atoms with Gasteiger partial charge >= 0.3 is 5.69 Å². The Kier molecular flexibility index (Phi) is 7.21. The highest BCUT2D eigenvalue weighted by molar-refractivity contribution is 5.84. The summed E-state index contributed by atoms with van der Waals surface area (Å²) in [5.74, 6) is -1.26. The maximum Gasteiger partial charge on any atom is 0.333 e. The van der Waals surface area contributed by atoms with Crippen LogP contribution < -0.4 is 22.1 Å². The first-order valence-electron chi connectivity index (χ1n) is 10.2. The summed E-state index contributed by atoms with van der Waals surface area (Å²) in [6.45, 7) is 3.69. The number of nitrogens with zero attached hydrogens (tertiary/aromatic N) is 4. The van der Waals surface area contributed by atoms with E-state index in [9.17, 15) is 19.2 Å². The molecule has 1 aromatic carbocycles. The number of methoxy groups -OCH3 is 1. The van der Waals surface area contributed by atoms with Crippen LogP contribution in [0.2, 0.25) is 0 Å². The minimum Gasteiger partial charge on any atom is -0.372 e. The number of imidazole rings is 1. The second-order valence-corrected chi connectivity index (χ2v) is 7.12. The first-order chi connectivity index (χ1) is 15.4. The quantitative estimate of drug-likeness (QED) is 0.473. The van der Waals surface area contributed by atoms with E-state index in [0.29, 0.717) is 13.0 Å². The predicted octanol–water partition coefficient (Wildman–Crippen LogP) is 0.000300. The lowest BCUT2D eigenvalue weighted by molar-refractivity contribution is -0.135. The maximum absolute atomic E-state index is 13.2. The van der Waals surface area contributed by atoms with Gasteiger partial charge in [0, 0.05) is 13.7 Å². The minimum absolute atomic E-state index is 0.182. The number of carbonyl (C=O) groups excluding carboxylic acids is 2. The molecule has 0 spiro atoms. The van der Waals surface area contributed by atoms with Crippen molar-refractivity contribution in [2.24, 2.45) is 0 Å². The molecule has 11 nitrogen and oxygen atoms in total. The molecule has 1 atom stereocenters. The van der Waals surface area contributed by atoms with E-state index in [1.165, 1.54) is 18.0 Å². The molecular formula is C21H26N6O5. The summed E-state index contributed by atoms with van der Waals surface area (Å²) in [7, 11) is 1.39.